The van der Waals surface area contributed by atoms with Crippen molar-refractivity contribution in [3.63, 3.8) is 0 Å². The molecular weight excluding hydrogens is 849 g/mol. The van der Waals surface area contributed by atoms with Gasteiger partial charge in [0.05, 0.1) is 43.8 Å². The predicted octanol–water partition coefficient (Wildman–Crippen LogP) is 5.41. The number of benzene rings is 2. The van der Waals surface area contributed by atoms with Crippen molar-refractivity contribution in [3.8, 4) is 0 Å². The van der Waals surface area contributed by atoms with Gasteiger partial charge in [0.2, 0.25) is 5.69 Å². The summed E-state index contributed by atoms with van der Waals surface area (Å²) in [6.07, 6.45) is 15.8. The second kappa shape index (κ2) is 21.4. The Hall–Kier alpha value is -4.01. The lowest BCUT2D eigenvalue weighted by molar-refractivity contribution is -0.438. The van der Waals surface area contributed by atoms with Gasteiger partial charge in [0.15, 0.2) is 5.71 Å². The van der Waals surface area contributed by atoms with E-state index in [9.17, 15) is 43.7 Å². The average molecular weight is 905 g/mol. The second-order valence-electron chi connectivity index (χ2n) is 15.7. The molecule has 1 N–H and O–H groups in total. The first-order valence-corrected chi connectivity index (χ1v) is 24.7. The van der Waals surface area contributed by atoms with Crippen LogP contribution in [0.1, 0.15) is 81.9 Å². The van der Waals surface area contributed by atoms with E-state index in [0.29, 0.717) is 75.4 Å². The van der Waals surface area contributed by atoms with Crippen LogP contribution in [-0.4, -0.2) is 112 Å². The molecule has 0 saturated heterocycles. The summed E-state index contributed by atoms with van der Waals surface area (Å²) in [4.78, 5) is 12.8. The third-order valence-corrected chi connectivity index (χ3v) is 13.7. The van der Waals surface area contributed by atoms with Crippen molar-refractivity contribution in [3.05, 3.63) is 101 Å². The van der Waals surface area contributed by atoms with E-state index in [1.807, 2.05) is 54.9 Å². The normalized spacial score (nSPS) is 20.2. The summed E-state index contributed by atoms with van der Waals surface area (Å²) in [5.41, 5.74) is 4.07. The van der Waals surface area contributed by atoms with Crippen LogP contribution in [-0.2, 0) is 61.9 Å². The van der Waals surface area contributed by atoms with Crippen molar-refractivity contribution in [2.24, 2.45) is 0 Å². The topological polar surface area (TPSA) is 234 Å². The number of allylic oxidation sites excluding steroid dienone is 8. The van der Waals surface area contributed by atoms with E-state index in [-0.39, 0.29) is 25.7 Å². The first kappa shape index (κ1) is 49.6. The lowest BCUT2D eigenvalue weighted by Crippen LogP contribution is -2.32. The summed E-state index contributed by atoms with van der Waals surface area (Å²) in [7, 11) is -10.6. The van der Waals surface area contributed by atoms with Crippen molar-refractivity contribution in [2.45, 2.75) is 87.4 Å². The molecule has 15 nitrogen and oxygen atoms in total. The maximum absolute atomic E-state index is 12.1. The molecule has 0 bridgehead atoms. The highest BCUT2D eigenvalue weighted by molar-refractivity contribution is 7.86. The smallest absolute Gasteiger partial charge is 0.303 e. The van der Waals surface area contributed by atoms with E-state index in [4.69, 9.17) is 14.6 Å². The second-order valence-corrected chi connectivity index (χ2v) is 20.1. The van der Waals surface area contributed by atoms with Crippen LogP contribution in [0, 0.1) is 0 Å². The number of fused-ring (bicyclic) bond motifs is 2. The zero-order valence-corrected chi connectivity index (χ0v) is 37.5. The molecule has 0 aliphatic carbocycles. The highest BCUT2D eigenvalue weighted by Crippen LogP contribution is 2.51. The van der Waals surface area contributed by atoms with Crippen LogP contribution >= 0.6 is 0 Å². The lowest BCUT2D eigenvalue weighted by atomic mass is 9.76. The van der Waals surface area contributed by atoms with Gasteiger partial charge in [0.1, 0.15) is 16.7 Å². The van der Waals surface area contributed by atoms with Crippen molar-refractivity contribution in [2.75, 3.05) is 56.9 Å². The molecule has 2 atom stereocenters. The quantitative estimate of drug-likeness (QED) is 0.0568. The van der Waals surface area contributed by atoms with Gasteiger partial charge in [-0.3, -0.25) is 4.79 Å². The van der Waals surface area contributed by atoms with Crippen LogP contribution in [0.15, 0.2) is 89.5 Å². The monoisotopic (exact) mass is 904 g/mol. The summed E-state index contributed by atoms with van der Waals surface area (Å²) < 4.78 is 119. The molecule has 2 aromatic carbocycles. The van der Waals surface area contributed by atoms with Crippen LogP contribution in [0.25, 0.3) is 0 Å². The maximum Gasteiger partial charge on any atom is 0.303 e. The van der Waals surface area contributed by atoms with Gasteiger partial charge in [-0.2, -0.15) is 4.58 Å². The Morgan fingerprint density at radius 1 is 0.770 bits per heavy atom. The molecule has 4 rings (SSSR count). The summed E-state index contributed by atoms with van der Waals surface area (Å²) in [6, 6.07) is 10.3. The molecule has 2 aliphatic heterocycles. The number of hydrogen-bond donors (Lipinski definition) is 1. The fraction of sp³-hybridized carbons (Fsp3) is 0.488. The van der Waals surface area contributed by atoms with E-state index in [0.717, 1.165) is 22.5 Å². The molecule has 2 aliphatic rings. The third kappa shape index (κ3) is 13.5. The average Bonchev–Trinajstić information content (AvgIpc) is 3.53. The molecule has 2 aromatic rings. The van der Waals surface area contributed by atoms with E-state index in [1.54, 1.807) is 32.4 Å². The van der Waals surface area contributed by atoms with Crippen LogP contribution in [0.3, 0.4) is 0 Å². The lowest BCUT2D eigenvalue weighted by Gasteiger charge is -2.30. The van der Waals surface area contributed by atoms with Crippen molar-refractivity contribution in [1.82, 2.24) is 0 Å². The molecule has 0 aromatic heterocycles. The Bertz CT molecular complexity index is 2390. The number of carboxylic acids is 1. The van der Waals surface area contributed by atoms with Crippen molar-refractivity contribution >= 4 is 53.4 Å². The summed E-state index contributed by atoms with van der Waals surface area (Å²) in [5.74, 6) is -2.03. The maximum atomic E-state index is 12.1. The summed E-state index contributed by atoms with van der Waals surface area (Å²) in [5, 5.41) is 9.10. The van der Waals surface area contributed by atoms with Crippen LogP contribution in [0.4, 0.5) is 11.4 Å². The number of carboxylic acid groups (broad SMARTS) is 1. The highest BCUT2D eigenvalue weighted by atomic mass is 32.2. The van der Waals surface area contributed by atoms with Crippen LogP contribution in [0.2, 0.25) is 0 Å². The number of unbranched alkanes of at least 4 members (excludes halogenated alkanes) is 2. The van der Waals surface area contributed by atoms with Gasteiger partial charge in [-0.05, 0) is 94.2 Å². The van der Waals surface area contributed by atoms with Crippen LogP contribution < -0.4 is 4.90 Å². The number of anilines is 1. The van der Waals surface area contributed by atoms with Gasteiger partial charge >= 0.3 is 5.97 Å². The minimum absolute atomic E-state index is 0.00703. The Morgan fingerprint density at radius 2 is 1.41 bits per heavy atom. The Kier molecular flexibility index (Phi) is 17.4. The fourth-order valence-corrected chi connectivity index (χ4v) is 9.76. The molecule has 2 heterocycles. The van der Waals surface area contributed by atoms with Gasteiger partial charge in [0.25, 0.3) is 0 Å². The SMILES string of the molecule is COCCc1ccc2c(c1)C(C)(CCCS(=O)(=O)[O-])\C(=C/C=C/C=C/C=C/C1=[N+](CCCCCC(=O)O)c3ccc(S(=O)(=O)[O-])cc3C1(C)CCCS(=O)(=O)[O-])N2CCOC. The van der Waals surface area contributed by atoms with Gasteiger partial charge in [-0.15, -0.1) is 0 Å². The molecule has 61 heavy (non-hydrogen) atoms. The molecular formula is C43H56N2O13S3-2. The minimum Gasteiger partial charge on any atom is -0.748 e. The number of nitrogens with zero attached hydrogens (tertiary/aromatic N) is 2. The molecule has 0 saturated carbocycles. The Balaban J connectivity index is 1.71. The van der Waals surface area contributed by atoms with E-state index in [2.05, 4.69) is 11.0 Å². The fourth-order valence-electron chi connectivity index (χ4n) is 8.27. The number of ether oxygens (including phenoxy) is 2. The number of methoxy groups -OCH3 is 2. The van der Waals surface area contributed by atoms with Gasteiger partial charge < -0.3 is 33.1 Å². The molecule has 0 spiro atoms. The van der Waals surface area contributed by atoms with Crippen molar-refractivity contribution < 1.29 is 62.9 Å². The predicted molar refractivity (Wildman–Crippen MR) is 229 cm³/mol. The van der Waals surface area contributed by atoms with Gasteiger partial charge in [-0.1, -0.05) is 42.5 Å². The zero-order valence-electron chi connectivity index (χ0n) is 35.1. The summed E-state index contributed by atoms with van der Waals surface area (Å²) in [6.45, 7) is 5.74. The number of rotatable bonds is 25. The van der Waals surface area contributed by atoms with E-state index in [1.165, 1.54) is 18.2 Å². The van der Waals surface area contributed by atoms with Gasteiger partial charge in [-0.25, -0.2) is 25.3 Å². The highest BCUT2D eigenvalue weighted by Gasteiger charge is 2.48. The first-order chi connectivity index (χ1) is 28.6. The number of hydrogen-bond acceptors (Lipinski definition) is 13. The zero-order chi connectivity index (χ0) is 45.1. The minimum atomic E-state index is -4.84. The molecule has 0 fully saturated rings. The van der Waals surface area contributed by atoms with Gasteiger partial charge in [0, 0.05) is 79.6 Å². The first-order valence-electron chi connectivity index (χ1n) is 20.1. The van der Waals surface area contributed by atoms with Crippen molar-refractivity contribution in [1.29, 1.82) is 0 Å². The Labute approximate surface area is 360 Å². The van der Waals surface area contributed by atoms with Crippen LogP contribution in [0.5, 0.6) is 0 Å². The molecule has 18 heteroatoms. The largest absolute Gasteiger partial charge is 0.748 e. The molecule has 2 unspecified atom stereocenters. The molecule has 0 amide bonds. The number of carbonyl (C=O) groups is 1. The van der Waals surface area contributed by atoms with E-state index >= 15 is 0 Å². The molecule has 336 valence electrons. The van der Waals surface area contributed by atoms with E-state index < -0.39 is 63.6 Å². The standard InChI is InChI=1S/C43H58N2O13S3/c1-42(23-13-29-59(48,49)50)35-31-33(22-27-57-3)18-20-37(35)45(26-28-58-4)40(42)16-10-7-5-6-9-15-39-43(2,24-14-30-60(51,52)53)36-32-34(61(54,55)56)19-21-38(36)44(39)25-12-8-11-17-41(46)47/h5-7,9-10,15-16,18-21,31-32H,8,11-14,17,22-30H2,1-4H3,(H3-,46,47,48,49,50,51,52,53,54,55,56)/p-2. The number of aliphatic carboxylic acids is 1. The Morgan fingerprint density at radius 3 is 2.03 bits per heavy atom. The summed E-state index contributed by atoms with van der Waals surface area (Å²) >= 11 is 0. The molecule has 0 radical (unpaired) electrons. The third-order valence-electron chi connectivity index (χ3n) is 11.3.